The molecule has 6 heterocycles. The average Bonchev–Trinajstić information content (AvgIpc) is 3.64. The van der Waals surface area contributed by atoms with Crippen LogP contribution < -0.4 is 15.1 Å². The number of aldehydes is 1. The summed E-state index contributed by atoms with van der Waals surface area (Å²) >= 11 is 0. The van der Waals surface area contributed by atoms with Crippen molar-refractivity contribution in [1.82, 2.24) is 25.1 Å². The number of piperidine rings is 2. The first-order valence-electron chi connectivity index (χ1n) is 14.7. The van der Waals surface area contributed by atoms with Gasteiger partial charge in [0.15, 0.2) is 6.29 Å². The van der Waals surface area contributed by atoms with E-state index in [0.717, 1.165) is 75.5 Å². The lowest BCUT2D eigenvalue weighted by Crippen LogP contribution is -2.54. The highest BCUT2D eigenvalue weighted by Crippen LogP contribution is 2.37. The van der Waals surface area contributed by atoms with Crippen LogP contribution in [0.15, 0.2) is 30.6 Å². The first-order chi connectivity index (χ1) is 20.4. The lowest BCUT2D eigenvalue weighted by atomic mass is 9.96. The number of amides is 4. The van der Waals surface area contributed by atoms with E-state index in [-0.39, 0.29) is 18.7 Å². The van der Waals surface area contributed by atoms with E-state index in [0.29, 0.717) is 40.4 Å². The number of carbonyl (C=O) groups is 5. The SMILES string of the molecule is O=Cc1cnc(N2CCC(CN3CC4CN(c5ccc6c(c5)C(=O)N(C5CCC(=O)NC5=O)C6=O)CC4C3)CC2)nc1. The summed E-state index contributed by atoms with van der Waals surface area (Å²) in [5.41, 5.74) is 2.06. The molecular weight excluding hydrogens is 538 g/mol. The summed E-state index contributed by atoms with van der Waals surface area (Å²) in [6.45, 7) is 6.86. The number of rotatable bonds is 6. The van der Waals surface area contributed by atoms with Crippen LogP contribution in [-0.2, 0) is 9.59 Å². The third-order valence-electron chi connectivity index (χ3n) is 9.56. The highest BCUT2D eigenvalue weighted by Gasteiger charge is 2.46. The molecule has 218 valence electrons. The monoisotopic (exact) mass is 571 g/mol. The number of aromatic nitrogens is 2. The van der Waals surface area contributed by atoms with Gasteiger partial charge in [0.25, 0.3) is 11.8 Å². The number of anilines is 2. The van der Waals surface area contributed by atoms with Crippen molar-refractivity contribution in [3.05, 3.63) is 47.3 Å². The van der Waals surface area contributed by atoms with Gasteiger partial charge in [0.1, 0.15) is 6.04 Å². The van der Waals surface area contributed by atoms with Gasteiger partial charge in [-0.15, -0.1) is 0 Å². The van der Waals surface area contributed by atoms with Gasteiger partial charge in [0.2, 0.25) is 17.8 Å². The molecule has 12 heteroatoms. The van der Waals surface area contributed by atoms with Gasteiger partial charge in [0.05, 0.1) is 16.7 Å². The van der Waals surface area contributed by atoms with E-state index < -0.39 is 23.8 Å². The van der Waals surface area contributed by atoms with E-state index in [1.807, 2.05) is 6.07 Å². The van der Waals surface area contributed by atoms with Gasteiger partial charge in [-0.25, -0.2) is 9.97 Å². The fourth-order valence-electron chi connectivity index (χ4n) is 7.34. The van der Waals surface area contributed by atoms with Crippen molar-refractivity contribution >= 4 is 41.6 Å². The van der Waals surface area contributed by atoms with Crippen molar-refractivity contribution in [2.75, 3.05) is 55.6 Å². The van der Waals surface area contributed by atoms with Crippen LogP contribution >= 0.6 is 0 Å². The Hall–Kier alpha value is -4.19. The van der Waals surface area contributed by atoms with Crippen LogP contribution in [0.3, 0.4) is 0 Å². The lowest BCUT2D eigenvalue weighted by molar-refractivity contribution is -0.136. The predicted molar refractivity (Wildman–Crippen MR) is 151 cm³/mol. The molecule has 5 aliphatic heterocycles. The summed E-state index contributed by atoms with van der Waals surface area (Å²) in [6, 6.07) is 4.45. The fraction of sp³-hybridized carbons (Fsp3) is 0.500. The number of benzene rings is 1. The molecule has 5 aliphatic rings. The summed E-state index contributed by atoms with van der Waals surface area (Å²) < 4.78 is 0. The molecule has 0 aliphatic carbocycles. The van der Waals surface area contributed by atoms with E-state index in [1.54, 1.807) is 24.5 Å². The van der Waals surface area contributed by atoms with Crippen molar-refractivity contribution in [2.24, 2.45) is 17.8 Å². The van der Waals surface area contributed by atoms with Crippen LogP contribution in [0.5, 0.6) is 0 Å². The molecule has 1 aromatic carbocycles. The van der Waals surface area contributed by atoms with E-state index in [1.165, 1.54) is 0 Å². The Morgan fingerprint density at radius 1 is 0.857 bits per heavy atom. The first-order valence-corrected chi connectivity index (χ1v) is 14.7. The van der Waals surface area contributed by atoms with Crippen molar-refractivity contribution < 1.29 is 24.0 Å². The molecule has 42 heavy (non-hydrogen) atoms. The van der Waals surface area contributed by atoms with Gasteiger partial charge in [-0.3, -0.25) is 34.2 Å². The summed E-state index contributed by atoms with van der Waals surface area (Å²) in [5.74, 6) is 0.525. The molecule has 0 spiro atoms. The zero-order valence-corrected chi connectivity index (χ0v) is 23.3. The second-order valence-corrected chi connectivity index (χ2v) is 12.2. The summed E-state index contributed by atoms with van der Waals surface area (Å²) in [5, 5.41) is 2.24. The molecule has 1 aromatic heterocycles. The molecular formula is C30H33N7O5. The van der Waals surface area contributed by atoms with E-state index in [2.05, 4.69) is 30.0 Å². The molecule has 4 amide bonds. The highest BCUT2D eigenvalue weighted by molar-refractivity contribution is 6.23. The van der Waals surface area contributed by atoms with Crippen molar-refractivity contribution in [2.45, 2.75) is 31.7 Å². The zero-order valence-electron chi connectivity index (χ0n) is 23.3. The van der Waals surface area contributed by atoms with Crippen LogP contribution in [0.1, 0.15) is 56.8 Å². The minimum Gasteiger partial charge on any atom is -0.371 e. The number of likely N-dealkylation sites (tertiary alicyclic amines) is 1. The quantitative estimate of drug-likeness (QED) is 0.395. The number of nitrogens with zero attached hydrogens (tertiary/aromatic N) is 6. The Bertz CT molecular complexity index is 1440. The molecule has 0 radical (unpaired) electrons. The molecule has 12 nitrogen and oxygen atoms in total. The molecule has 2 aromatic rings. The highest BCUT2D eigenvalue weighted by atomic mass is 16.2. The van der Waals surface area contributed by atoms with Gasteiger partial charge >= 0.3 is 0 Å². The normalized spacial score (nSPS) is 26.6. The number of carbonyl (C=O) groups excluding carboxylic acids is 5. The Labute approximate surface area is 243 Å². The van der Waals surface area contributed by atoms with Gasteiger partial charge in [-0.2, -0.15) is 0 Å². The molecule has 0 saturated carbocycles. The van der Waals surface area contributed by atoms with Crippen LogP contribution in [0.2, 0.25) is 0 Å². The minimum absolute atomic E-state index is 0.106. The van der Waals surface area contributed by atoms with E-state index in [4.69, 9.17) is 0 Å². The predicted octanol–water partition coefficient (Wildman–Crippen LogP) is 0.975. The molecule has 4 fully saturated rings. The Kier molecular flexibility index (Phi) is 6.72. The molecule has 0 bridgehead atoms. The van der Waals surface area contributed by atoms with Crippen molar-refractivity contribution in [3.8, 4) is 0 Å². The number of nitrogens with one attached hydrogen (secondary N) is 1. The van der Waals surface area contributed by atoms with Crippen LogP contribution in [0.4, 0.5) is 11.6 Å². The minimum atomic E-state index is -0.953. The van der Waals surface area contributed by atoms with Crippen LogP contribution in [0, 0.1) is 17.8 Å². The van der Waals surface area contributed by atoms with Crippen molar-refractivity contribution in [1.29, 1.82) is 0 Å². The van der Waals surface area contributed by atoms with Crippen molar-refractivity contribution in [3.63, 3.8) is 0 Å². The summed E-state index contributed by atoms with van der Waals surface area (Å²) in [4.78, 5) is 77.9. The summed E-state index contributed by atoms with van der Waals surface area (Å²) in [6.07, 6.45) is 6.35. The molecule has 4 saturated heterocycles. The van der Waals surface area contributed by atoms with Gasteiger partial charge in [-0.1, -0.05) is 0 Å². The topological polar surface area (TPSA) is 136 Å². The van der Waals surface area contributed by atoms with Gasteiger partial charge < -0.3 is 14.7 Å². The summed E-state index contributed by atoms with van der Waals surface area (Å²) in [7, 11) is 0. The third kappa shape index (κ3) is 4.73. The number of fused-ring (bicyclic) bond motifs is 2. The lowest BCUT2D eigenvalue weighted by Gasteiger charge is -2.34. The largest absolute Gasteiger partial charge is 0.371 e. The molecule has 7 rings (SSSR count). The number of hydrogen-bond acceptors (Lipinski definition) is 10. The first kappa shape index (κ1) is 26.7. The van der Waals surface area contributed by atoms with Gasteiger partial charge in [-0.05, 0) is 55.2 Å². The Morgan fingerprint density at radius 3 is 2.21 bits per heavy atom. The Balaban J connectivity index is 0.929. The third-order valence-corrected chi connectivity index (χ3v) is 9.56. The Morgan fingerprint density at radius 2 is 1.55 bits per heavy atom. The van der Waals surface area contributed by atoms with Crippen LogP contribution in [-0.4, -0.2) is 102 Å². The second-order valence-electron chi connectivity index (χ2n) is 12.2. The molecule has 3 atom stereocenters. The maximum Gasteiger partial charge on any atom is 0.262 e. The maximum atomic E-state index is 13.2. The van der Waals surface area contributed by atoms with E-state index in [9.17, 15) is 24.0 Å². The zero-order chi connectivity index (χ0) is 29.0. The molecule has 1 N–H and O–H groups in total. The van der Waals surface area contributed by atoms with Crippen LogP contribution in [0.25, 0.3) is 0 Å². The van der Waals surface area contributed by atoms with E-state index >= 15 is 0 Å². The number of hydrogen-bond donors (Lipinski definition) is 1. The molecule has 3 unspecified atom stereocenters. The fourth-order valence-corrected chi connectivity index (χ4v) is 7.34. The van der Waals surface area contributed by atoms with Gasteiger partial charge in [0, 0.05) is 70.3 Å². The average molecular weight is 572 g/mol. The second kappa shape index (κ2) is 10.6. The maximum absolute atomic E-state index is 13.2. The number of imide groups is 2. The smallest absolute Gasteiger partial charge is 0.262 e. The standard InChI is InChI=1S/C30H33N7O5/c38-17-19-10-31-30(32-11-19)35-7-5-18(6-8-35)12-34-13-20-15-36(16-21(20)14-34)22-1-2-23-24(9-22)29(42)37(28(23)41)25-3-4-26(39)33-27(25)40/h1-2,9-11,17-18,20-21,25H,3-8,12-16H2,(H,33,39,40).